The van der Waals surface area contributed by atoms with Gasteiger partial charge >= 0.3 is 6.18 Å². The molecule has 1 amide bonds. The molecule has 1 saturated heterocycles. The van der Waals surface area contributed by atoms with Gasteiger partial charge < -0.3 is 15.2 Å². The molecular formula is C25H31F3N4O3. The van der Waals surface area contributed by atoms with Crippen LogP contribution in [0.1, 0.15) is 34.3 Å². The molecule has 0 radical (unpaired) electrons. The summed E-state index contributed by atoms with van der Waals surface area (Å²) >= 11 is 0. The van der Waals surface area contributed by atoms with Gasteiger partial charge in [-0.25, -0.2) is 0 Å². The third-order valence-corrected chi connectivity index (χ3v) is 6.39. The summed E-state index contributed by atoms with van der Waals surface area (Å²) in [6.45, 7) is 1.91. The number of pyridine rings is 1. The summed E-state index contributed by atoms with van der Waals surface area (Å²) in [5.41, 5.74) is 2.91. The van der Waals surface area contributed by atoms with Gasteiger partial charge in [0.1, 0.15) is 11.9 Å². The van der Waals surface area contributed by atoms with Gasteiger partial charge in [0.15, 0.2) is 0 Å². The van der Waals surface area contributed by atoms with Crippen molar-refractivity contribution in [1.29, 1.82) is 0 Å². The highest BCUT2D eigenvalue weighted by Gasteiger charge is 2.33. The minimum atomic E-state index is -4.20. The molecule has 2 aliphatic rings. The van der Waals surface area contributed by atoms with Crippen LogP contribution in [0, 0.1) is 0 Å². The summed E-state index contributed by atoms with van der Waals surface area (Å²) in [6, 6.07) is 9.85. The number of piperidine rings is 1. The van der Waals surface area contributed by atoms with E-state index in [0.717, 1.165) is 19.5 Å². The van der Waals surface area contributed by atoms with Gasteiger partial charge in [-0.05, 0) is 36.5 Å². The Labute approximate surface area is 202 Å². The smallest absolute Gasteiger partial charge is 0.401 e. The first-order chi connectivity index (χ1) is 16.7. The molecular weight excluding hydrogens is 461 g/mol. The van der Waals surface area contributed by atoms with Crippen molar-refractivity contribution in [3.05, 3.63) is 59.4 Å². The summed E-state index contributed by atoms with van der Waals surface area (Å²) in [6.07, 6.45) is -0.348. The molecule has 0 bridgehead atoms. The molecule has 2 N–H and O–H groups in total. The summed E-state index contributed by atoms with van der Waals surface area (Å²) < 4.78 is 43.5. The Bertz CT molecular complexity index is 996. The number of β-amino-alcohol motifs (C(OH)–C–C–N with tert-alkyl or cyclic N) is 1. The van der Waals surface area contributed by atoms with Gasteiger partial charge in [0.05, 0.1) is 24.4 Å². The van der Waals surface area contributed by atoms with Crippen molar-refractivity contribution >= 4 is 5.91 Å². The Balaban J connectivity index is 1.21. The number of fused-ring (bicyclic) bond motifs is 1. The molecule has 1 aromatic heterocycles. The molecule has 10 heteroatoms. The van der Waals surface area contributed by atoms with Crippen LogP contribution in [0.3, 0.4) is 0 Å². The number of aliphatic hydroxyl groups is 1. The zero-order valence-electron chi connectivity index (χ0n) is 19.5. The highest BCUT2D eigenvalue weighted by Crippen LogP contribution is 2.23. The average molecular weight is 493 g/mol. The lowest BCUT2D eigenvalue weighted by atomic mass is 10.00. The zero-order chi connectivity index (χ0) is 24.8. The van der Waals surface area contributed by atoms with E-state index in [1.807, 2.05) is 12.1 Å². The lowest BCUT2D eigenvalue weighted by Crippen LogP contribution is -2.42. The zero-order valence-corrected chi connectivity index (χ0v) is 19.5. The van der Waals surface area contributed by atoms with Crippen molar-refractivity contribution in [3.63, 3.8) is 0 Å². The fraction of sp³-hybridized carbons (Fsp3) is 0.520. The Morgan fingerprint density at radius 1 is 1.14 bits per heavy atom. The number of amides is 1. The van der Waals surface area contributed by atoms with Gasteiger partial charge in [-0.1, -0.05) is 24.3 Å². The standard InChI is InChI=1S/C25H31F3N4O3/c26-25(27,28)17-31-9-6-22(7-10-31)35-23-11-20(12-29-14-23)24(34)30-13-21(33)16-32-8-5-18-3-1-2-4-19(18)15-32/h1-4,11-12,14,21-22,33H,5-10,13,15-17H2,(H,30,34)/t21-/m0/s1. The second-order valence-corrected chi connectivity index (χ2v) is 9.24. The number of carbonyl (C=O) groups is 1. The van der Waals surface area contributed by atoms with Gasteiger partial charge in [0.2, 0.25) is 0 Å². The lowest BCUT2D eigenvalue weighted by molar-refractivity contribution is -0.149. The number of likely N-dealkylation sites (tertiary alicyclic amines) is 1. The number of carbonyl (C=O) groups excluding carboxylic acids is 1. The third kappa shape index (κ3) is 7.65. The topological polar surface area (TPSA) is 77.9 Å². The molecule has 3 heterocycles. The molecule has 1 fully saturated rings. The van der Waals surface area contributed by atoms with Crippen molar-refractivity contribution in [2.75, 3.05) is 39.3 Å². The molecule has 4 rings (SSSR count). The van der Waals surface area contributed by atoms with Crippen LogP contribution < -0.4 is 10.1 Å². The molecule has 0 unspecified atom stereocenters. The van der Waals surface area contributed by atoms with Gasteiger partial charge in [-0.2, -0.15) is 13.2 Å². The largest absolute Gasteiger partial charge is 0.489 e. The summed E-state index contributed by atoms with van der Waals surface area (Å²) in [5.74, 6) is 0.0328. The molecule has 0 aliphatic carbocycles. The molecule has 1 atom stereocenters. The van der Waals surface area contributed by atoms with Gasteiger partial charge in [0.25, 0.3) is 5.91 Å². The number of nitrogens with one attached hydrogen (secondary N) is 1. The molecule has 35 heavy (non-hydrogen) atoms. The first-order valence-corrected chi connectivity index (χ1v) is 11.9. The van der Waals surface area contributed by atoms with E-state index in [2.05, 4.69) is 27.3 Å². The van der Waals surface area contributed by atoms with Crippen LogP contribution >= 0.6 is 0 Å². The average Bonchev–Trinajstić information content (AvgIpc) is 2.83. The predicted molar refractivity (Wildman–Crippen MR) is 124 cm³/mol. The van der Waals surface area contributed by atoms with E-state index in [-0.39, 0.29) is 18.6 Å². The molecule has 7 nitrogen and oxygen atoms in total. The highest BCUT2D eigenvalue weighted by molar-refractivity contribution is 5.94. The van der Waals surface area contributed by atoms with Crippen LogP contribution in [0.4, 0.5) is 13.2 Å². The highest BCUT2D eigenvalue weighted by atomic mass is 19.4. The first-order valence-electron chi connectivity index (χ1n) is 11.9. The number of aliphatic hydroxyl groups excluding tert-OH is 1. The normalized spacial score (nSPS) is 18.6. The quantitative estimate of drug-likeness (QED) is 0.590. The molecule has 190 valence electrons. The van der Waals surface area contributed by atoms with Crippen LogP contribution in [0.5, 0.6) is 5.75 Å². The minimum Gasteiger partial charge on any atom is -0.489 e. The molecule has 2 aliphatic heterocycles. The van der Waals surface area contributed by atoms with E-state index in [1.165, 1.54) is 28.4 Å². The number of ether oxygens (including phenoxy) is 1. The Morgan fingerprint density at radius 2 is 1.89 bits per heavy atom. The molecule has 0 saturated carbocycles. The van der Waals surface area contributed by atoms with Crippen LogP contribution in [-0.2, 0) is 13.0 Å². The summed E-state index contributed by atoms with van der Waals surface area (Å²) in [4.78, 5) is 20.2. The maximum Gasteiger partial charge on any atom is 0.401 e. The van der Waals surface area contributed by atoms with Crippen molar-refractivity contribution in [2.24, 2.45) is 0 Å². The van der Waals surface area contributed by atoms with Crippen molar-refractivity contribution in [2.45, 2.75) is 44.2 Å². The van der Waals surface area contributed by atoms with E-state index in [0.29, 0.717) is 43.8 Å². The van der Waals surface area contributed by atoms with Crippen molar-refractivity contribution < 1.29 is 27.8 Å². The Kier molecular flexibility index (Phi) is 8.25. The minimum absolute atomic E-state index is 0.111. The lowest BCUT2D eigenvalue weighted by Gasteiger charge is -2.32. The number of aromatic nitrogens is 1. The molecule has 2 aromatic rings. The molecule has 1 aromatic carbocycles. The number of alkyl halides is 3. The Morgan fingerprint density at radius 3 is 2.63 bits per heavy atom. The van der Waals surface area contributed by atoms with Crippen molar-refractivity contribution in [3.8, 4) is 5.75 Å². The SMILES string of the molecule is O=C(NC[C@H](O)CN1CCc2ccccc2C1)c1cncc(OC2CCN(CC(F)(F)F)CC2)c1. The number of halogens is 3. The number of benzene rings is 1. The van der Waals surface area contributed by atoms with E-state index >= 15 is 0 Å². The van der Waals surface area contributed by atoms with Crippen LogP contribution in [0.25, 0.3) is 0 Å². The van der Waals surface area contributed by atoms with Crippen LogP contribution in [0.2, 0.25) is 0 Å². The van der Waals surface area contributed by atoms with E-state index in [9.17, 15) is 23.1 Å². The van der Waals surface area contributed by atoms with Crippen molar-refractivity contribution in [1.82, 2.24) is 20.1 Å². The number of hydrogen-bond donors (Lipinski definition) is 2. The molecule has 0 spiro atoms. The maximum absolute atomic E-state index is 12.6. The van der Waals surface area contributed by atoms with Crippen LogP contribution in [0.15, 0.2) is 42.7 Å². The summed E-state index contributed by atoms with van der Waals surface area (Å²) in [7, 11) is 0. The third-order valence-electron chi connectivity index (χ3n) is 6.39. The monoisotopic (exact) mass is 492 g/mol. The maximum atomic E-state index is 12.6. The second-order valence-electron chi connectivity index (χ2n) is 9.24. The fourth-order valence-corrected chi connectivity index (χ4v) is 4.62. The van der Waals surface area contributed by atoms with Gasteiger partial charge in [0, 0.05) is 45.5 Å². The summed E-state index contributed by atoms with van der Waals surface area (Å²) in [5, 5.41) is 13.2. The van der Waals surface area contributed by atoms with Gasteiger partial charge in [-0.3, -0.25) is 19.6 Å². The Hall–Kier alpha value is -2.69. The second kappa shape index (κ2) is 11.4. The number of hydrogen-bond acceptors (Lipinski definition) is 6. The van der Waals surface area contributed by atoms with Crippen LogP contribution in [-0.4, -0.2) is 83.5 Å². The van der Waals surface area contributed by atoms with E-state index < -0.39 is 18.8 Å². The van der Waals surface area contributed by atoms with Gasteiger partial charge in [-0.15, -0.1) is 0 Å². The van der Waals surface area contributed by atoms with E-state index in [4.69, 9.17) is 4.74 Å². The fourth-order valence-electron chi connectivity index (χ4n) is 4.62. The number of nitrogens with zero attached hydrogens (tertiary/aromatic N) is 3. The number of rotatable bonds is 8. The predicted octanol–water partition coefficient (Wildman–Crippen LogP) is 2.64. The van der Waals surface area contributed by atoms with E-state index in [1.54, 1.807) is 6.07 Å². The first kappa shape index (κ1) is 25.4.